The van der Waals surface area contributed by atoms with E-state index in [1.165, 1.54) is 29.0 Å². The molecule has 0 aliphatic carbocycles. The third-order valence-corrected chi connectivity index (χ3v) is 2.99. The van der Waals surface area contributed by atoms with E-state index in [9.17, 15) is 9.18 Å². The maximum atomic E-state index is 13.2. The Morgan fingerprint density at radius 3 is 2.78 bits per heavy atom. The standard InChI is InChI=1S/C13H11ClFNO2/c1-8(9-3-2-4-11(15)5-9)16-7-10(14)6-12(16)13(17)18/h2-8H,1H3,(H,17,18). The monoisotopic (exact) mass is 267 g/mol. The van der Waals surface area contributed by atoms with Gasteiger partial charge in [-0.15, -0.1) is 0 Å². The maximum absolute atomic E-state index is 13.2. The third-order valence-electron chi connectivity index (χ3n) is 2.78. The molecule has 0 spiro atoms. The second-order valence-electron chi connectivity index (χ2n) is 3.99. The molecule has 0 bridgehead atoms. The molecule has 0 radical (unpaired) electrons. The molecule has 0 fully saturated rings. The van der Waals surface area contributed by atoms with E-state index in [1.807, 2.05) is 0 Å². The van der Waals surface area contributed by atoms with E-state index in [0.717, 1.165) is 0 Å². The highest BCUT2D eigenvalue weighted by molar-refractivity contribution is 6.30. The lowest BCUT2D eigenvalue weighted by molar-refractivity contribution is 0.0684. The predicted octanol–water partition coefficient (Wildman–Crippen LogP) is 3.59. The molecule has 1 unspecified atom stereocenters. The van der Waals surface area contributed by atoms with Crippen molar-refractivity contribution in [2.45, 2.75) is 13.0 Å². The van der Waals surface area contributed by atoms with E-state index in [2.05, 4.69) is 0 Å². The number of halogens is 2. The van der Waals surface area contributed by atoms with Gasteiger partial charge in [0, 0.05) is 6.20 Å². The Hall–Kier alpha value is -1.81. The zero-order valence-electron chi connectivity index (χ0n) is 9.60. The first kappa shape index (κ1) is 12.6. The molecule has 0 aliphatic rings. The van der Waals surface area contributed by atoms with Crippen LogP contribution >= 0.6 is 11.6 Å². The van der Waals surface area contributed by atoms with Crippen LogP contribution in [0.1, 0.15) is 29.0 Å². The van der Waals surface area contributed by atoms with Crippen LogP contribution in [0, 0.1) is 5.82 Å². The number of carboxylic acid groups (broad SMARTS) is 1. The number of aromatic nitrogens is 1. The van der Waals surface area contributed by atoms with Crippen molar-refractivity contribution in [1.29, 1.82) is 0 Å². The molecule has 18 heavy (non-hydrogen) atoms. The summed E-state index contributed by atoms with van der Waals surface area (Å²) in [6, 6.07) is 7.13. The molecule has 2 rings (SSSR count). The molecular formula is C13H11ClFNO2. The summed E-state index contributed by atoms with van der Waals surface area (Å²) >= 11 is 5.81. The van der Waals surface area contributed by atoms with Crippen molar-refractivity contribution in [2.75, 3.05) is 0 Å². The van der Waals surface area contributed by atoms with Crippen molar-refractivity contribution in [1.82, 2.24) is 4.57 Å². The SMILES string of the molecule is CC(c1cccc(F)c1)n1cc(Cl)cc1C(=O)O. The highest BCUT2D eigenvalue weighted by Gasteiger charge is 2.17. The average molecular weight is 268 g/mol. The van der Waals surface area contributed by atoms with Gasteiger partial charge in [0.05, 0.1) is 11.1 Å². The smallest absolute Gasteiger partial charge is 0.352 e. The van der Waals surface area contributed by atoms with E-state index in [4.69, 9.17) is 16.7 Å². The third kappa shape index (κ3) is 2.38. The van der Waals surface area contributed by atoms with Gasteiger partial charge in [0.2, 0.25) is 0 Å². The number of carbonyl (C=O) groups is 1. The molecule has 0 saturated heterocycles. The van der Waals surface area contributed by atoms with E-state index in [-0.39, 0.29) is 17.6 Å². The van der Waals surface area contributed by atoms with Crippen LogP contribution in [0.5, 0.6) is 0 Å². The summed E-state index contributed by atoms with van der Waals surface area (Å²) < 4.78 is 14.7. The largest absolute Gasteiger partial charge is 0.477 e. The molecule has 94 valence electrons. The van der Waals surface area contributed by atoms with Gasteiger partial charge in [0.15, 0.2) is 0 Å². The van der Waals surface area contributed by atoms with E-state index >= 15 is 0 Å². The van der Waals surface area contributed by atoms with Gasteiger partial charge in [0.25, 0.3) is 0 Å². The maximum Gasteiger partial charge on any atom is 0.352 e. The molecule has 1 atom stereocenters. The number of rotatable bonds is 3. The summed E-state index contributed by atoms with van der Waals surface area (Å²) in [7, 11) is 0. The minimum Gasteiger partial charge on any atom is -0.477 e. The first-order valence-corrected chi connectivity index (χ1v) is 5.73. The van der Waals surface area contributed by atoms with Crippen molar-refractivity contribution in [3.8, 4) is 0 Å². The average Bonchev–Trinajstić information content (AvgIpc) is 2.70. The van der Waals surface area contributed by atoms with Crippen molar-refractivity contribution in [3.63, 3.8) is 0 Å². The van der Waals surface area contributed by atoms with Gasteiger partial charge in [-0.1, -0.05) is 23.7 Å². The first-order chi connectivity index (χ1) is 8.49. The Labute approximate surface area is 108 Å². The molecule has 0 aliphatic heterocycles. The Morgan fingerprint density at radius 2 is 2.17 bits per heavy atom. The van der Waals surface area contributed by atoms with E-state index < -0.39 is 5.97 Å². The predicted molar refractivity (Wildman–Crippen MR) is 66.6 cm³/mol. The summed E-state index contributed by atoms with van der Waals surface area (Å²) in [6.07, 6.45) is 1.53. The Morgan fingerprint density at radius 1 is 1.44 bits per heavy atom. The van der Waals surface area contributed by atoms with E-state index in [0.29, 0.717) is 10.6 Å². The molecular weight excluding hydrogens is 257 g/mol. The van der Waals surface area contributed by atoms with Crippen LogP contribution in [0.2, 0.25) is 5.02 Å². The van der Waals surface area contributed by atoms with Crippen LogP contribution in [0.25, 0.3) is 0 Å². The number of aromatic carboxylic acids is 1. The van der Waals surface area contributed by atoms with Crippen molar-refractivity contribution in [2.24, 2.45) is 0 Å². The molecule has 1 N–H and O–H groups in total. The fraction of sp³-hybridized carbons (Fsp3) is 0.154. The molecule has 0 amide bonds. The summed E-state index contributed by atoms with van der Waals surface area (Å²) in [5, 5.41) is 9.42. The highest BCUT2D eigenvalue weighted by atomic mass is 35.5. The Balaban J connectivity index is 2.45. The van der Waals surface area contributed by atoms with Crippen molar-refractivity contribution < 1.29 is 14.3 Å². The van der Waals surface area contributed by atoms with Crippen LogP contribution in [-0.4, -0.2) is 15.6 Å². The molecule has 1 aromatic carbocycles. The van der Waals surface area contributed by atoms with Gasteiger partial charge < -0.3 is 9.67 Å². The van der Waals surface area contributed by atoms with Gasteiger partial charge in [-0.05, 0) is 30.7 Å². The molecule has 2 aromatic rings. The summed E-state index contributed by atoms with van der Waals surface area (Å²) in [5.41, 5.74) is 0.765. The van der Waals surface area contributed by atoms with Gasteiger partial charge in [-0.3, -0.25) is 0 Å². The van der Waals surface area contributed by atoms with Gasteiger partial charge >= 0.3 is 5.97 Å². The lowest BCUT2D eigenvalue weighted by Gasteiger charge is -2.16. The fourth-order valence-electron chi connectivity index (χ4n) is 1.86. The molecule has 5 heteroatoms. The van der Waals surface area contributed by atoms with Crippen LogP contribution in [0.4, 0.5) is 4.39 Å². The number of benzene rings is 1. The van der Waals surface area contributed by atoms with Crippen molar-refractivity contribution >= 4 is 17.6 Å². The summed E-state index contributed by atoms with van der Waals surface area (Å²) in [6.45, 7) is 1.79. The topological polar surface area (TPSA) is 42.2 Å². The lowest BCUT2D eigenvalue weighted by atomic mass is 10.1. The minimum absolute atomic E-state index is 0.0803. The van der Waals surface area contributed by atoms with Crippen molar-refractivity contribution in [3.05, 3.63) is 58.6 Å². The van der Waals surface area contributed by atoms with Crippen LogP contribution < -0.4 is 0 Å². The van der Waals surface area contributed by atoms with Crippen LogP contribution in [-0.2, 0) is 0 Å². The number of nitrogens with zero attached hydrogens (tertiary/aromatic N) is 1. The Bertz CT molecular complexity index is 594. The highest BCUT2D eigenvalue weighted by Crippen LogP contribution is 2.24. The molecule has 1 aromatic heterocycles. The number of hydrogen-bond acceptors (Lipinski definition) is 1. The molecule has 0 saturated carbocycles. The summed E-state index contributed by atoms with van der Waals surface area (Å²) in [4.78, 5) is 11.1. The fourth-order valence-corrected chi connectivity index (χ4v) is 2.07. The quantitative estimate of drug-likeness (QED) is 0.923. The second-order valence-corrected chi connectivity index (χ2v) is 4.42. The van der Waals surface area contributed by atoms with Crippen LogP contribution in [0.3, 0.4) is 0 Å². The van der Waals surface area contributed by atoms with E-state index in [1.54, 1.807) is 19.1 Å². The van der Waals surface area contributed by atoms with Gasteiger partial charge in [-0.25, -0.2) is 9.18 Å². The van der Waals surface area contributed by atoms with Gasteiger partial charge in [0.1, 0.15) is 11.5 Å². The zero-order chi connectivity index (χ0) is 13.3. The normalized spacial score (nSPS) is 12.4. The van der Waals surface area contributed by atoms with Crippen LogP contribution in [0.15, 0.2) is 36.5 Å². The zero-order valence-corrected chi connectivity index (χ0v) is 10.4. The lowest BCUT2D eigenvalue weighted by Crippen LogP contribution is -2.13. The number of hydrogen-bond donors (Lipinski definition) is 1. The minimum atomic E-state index is -1.06. The summed E-state index contributed by atoms with van der Waals surface area (Å²) in [5.74, 6) is -1.42. The number of carboxylic acids is 1. The first-order valence-electron chi connectivity index (χ1n) is 5.35. The second kappa shape index (κ2) is 4.82. The molecule has 3 nitrogen and oxygen atoms in total. The van der Waals surface area contributed by atoms with Gasteiger partial charge in [-0.2, -0.15) is 0 Å². The Kier molecular flexibility index (Phi) is 3.39. The molecule has 1 heterocycles.